The van der Waals surface area contributed by atoms with Crippen LogP contribution < -0.4 is 10.5 Å². The summed E-state index contributed by atoms with van der Waals surface area (Å²) < 4.78 is 1.98. The number of piperazine rings is 1. The standard InChI is InChI=1S/C12H17BrN4O/c1-15-12(18)11(13)10(8-14-15)17-6-4-16(5-7-17)9-2-3-9/h8-9H,2-7H2,1H3. The van der Waals surface area contributed by atoms with E-state index in [2.05, 4.69) is 30.8 Å². The van der Waals surface area contributed by atoms with Crippen LogP contribution in [0.1, 0.15) is 12.8 Å². The van der Waals surface area contributed by atoms with E-state index in [-0.39, 0.29) is 5.56 Å². The van der Waals surface area contributed by atoms with Crippen LogP contribution in [0.3, 0.4) is 0 Å². The molecule has 1 aliphatic carbocycles. The summed E-state index contributed by atoms with van der Waals surface area (Å²) in [6, 6.07) is 0.831. The predicted molar refractivity (Wildman–Crippen MR) is 74.0 cm³/mol. The molecule has 18 heavy (non-hydrogen) atoms. The van der Waals surface area contributed by atoms with Gasteiger partial charge in [-0.1, -0.05) is 0 Å². The highest BCUT2D eigenvalue weighted by atomic mass is 79.9. The molecule has 1 saturated heterocycles. The SMILES string of the molecule is Cn1ncc(N2CCN(C3CC3)CC2)c(Br)c1=O. The van der Waals surface area contributed by atoms with E-state index in [9.17, 15) is 4.79 Å². The first kappa shape index (κ1) is 12.2. The first-order valence-electron chi connectivity index (χ1n) is 6.37. The van der Waals surface area contributed by atoms with Gasteiger partial charge in [-0.2, -0.15) is 5.10 Å². The largest absolute Gasteiger partial charge is 0.367 e. The second-order valence-electron chi connectivity index (χ2n) is 5.03. The minimum Gasteiger partial charge on any atom is -0.367 e. The Morgan fingerprint density at radius 2 is 1.94 bits per heavy atom. The molecule has 6 heteroatoms. The van der Waals surface area contributed by atoms with Crippen LogP contribution in [0.4, 0.5) is 5.69 Å². The van der Waals surface area contributed by atoms with Crippen molar-refractivity contribution in [1.82, 2.24) is 14.7 Å². The molecule has 1 aliphatic heterocycles. The summed E-state index contributed by atoms with van der Waals surface area (Å²) in [6.45, 7) is 4.13. The zero-order valence-electron chi connectivity index (χ0n) is 10.5. The fraction of sp³-hybridized carbons (Fsp3) is 0.667. The molecular formula is C12H17BrN4O. The normalized spacial score (nSPS) is 21.3. The number of anilines is 1. The van der Waals surface area contributed by atoms with Crippen LogP contribution in [-0.2, 0) is 7.05 Å². The number of aromatic nitrogens is 2. The molecule has 2 fully saturated rings. The Bertz CT molecular complexity index is 503. The Kier molecular flexibility index (Phi) is 3.15. The van der Waals surface area contributed by atoms with Gasteiger partial charge in [0.1, 0.15) is 4.47 Å². The summed E-state index contributed by atoms with van der Waals surface area (Å²) >= 11 is 3.39. The van der Waals surface area contributed by atoms with Crippen molar-refractivity contribution in [3.8, 4) is 0 Å². The van der Waals surface area contributed by atoms with Gasteiger partial charge in [0.05, 0.1) is 11.9 Å². The quantitative estimate of drug-likeness (QED) is 0.811. The summed E-state index contributed by atoms with van der Waals surface area (Å²) in [4.78, 5) is 16.6. The molecule has 2 heterocycles. The zero-order valence-corrected chi connectivity index (χ0v) is 12.1. The molecule has 98 valence electrons. The Labute approximate surface area is 115 Å². The third-order valence-electron chi connectivity index (χ3n) is 3.78. The molecule has 0 atom stereocenters. The van der Waals surface area contributed by atoms with E-state index >= 15 is 0 Å². The van der Waals surface area contributed by atoms with Crippen molar-refractivity contribution in [3.63, 3.8) is 0 Å². The zero-order chi connectivity index (χ0) is 12.7. The molecule has 5 nitrogen and oxygen atoms in total. The van der Waals surface area contributed by atoms with Crippen LogP contribution in [0.2, 0.25) is 0 Å². The van der Waals surface area contributed by atoms with Crippen LogP contribution in [0.25, 0.3) is 0 Å². The van der Waals surface area contributed by atoms with E-state index in [0.717, 1.165) is 37.9 Å². The van der Waals surface area contributed by atoms with E-state index in [1.54, 1.807) is 13.2 Å². The number of hydrogen-bond acceptors (Lipinski definition) is 4. The molecule has 0 amide bonds. The Balaban J connectivity index is 1.76. The molecule has 3 rings (SSSR count). The molecule has 1 aromatic rings. The number of rotatable bonds is 2. The Hall–Kier alpha value is -0.880. The molecule has 0 spiro atoms. The fourth-order valence-corrected chi connectivity index (χ4v) is 3.10. The lowest BCUT2D eigenvalue weighted by molar-refractivity contribution is 0.248. The van der Waals surface area contributed by atoms with Gasteiger partial charge in [0.2, 0.25) is 0 Å². The second-order valence-corrected chi connectivity index (χ2v) is 5.82. The number of halogens is 1. The molecule has 0 radical (unpaired) electrons. The molecule has 0 bridgehead atoms. The maximum absolute atomic E-state index is 11.8. The molecule has 0 aromatic carbocycles. The Morgan fingerprint density at radius 3 is 2.56 bits per heavy atom. The highest BCUT2D eigenvalue weighted by Crippen LogP contribution is 2.29. The third kappa shape index (κ3) is 2.19. The van der Waals surface area contributed by atoms with Gasteiger partial charge < -0.3 is 4.90 Å². The Morgan fingerprint density at radius 1 is 1.28 bits per heavy atom. The van der Waals surface area contributed by atoms with Crippen molar-refractivity contribution in [2.45, 2.75) is 18.9 Å². The van der Waals surface area contributed by atoms with E-state index < -0.39 is 0 Å². The third-order valence-corrected chi connectivity index (χ3v) is 4.52. The average Bonchev–Trinajstić information content (AvgIpc) is 3.21. The van der Waals surface area contributed by atoms with Gasteiger partial charge in [-0.15, -0.1) is 0 Å². The first-order valence-corrected chi connectivity index (χ1v) is 7.17. The summed E-state index contributed by atoms with van der Waals surface area (Å²) in [5.41, 5.74) is 0.852. The summed E-state index contributed by atoms with van der Waals surface area (Å²) in [6.07, 6.45) is 4.49. The van der Waals surface area contributed by atoms with Gasteiger partial charge in [0, 0.05) is 39.3 Å². The number of nitrogens with zero attached hydrogens (tertiary/aromatic N) is 4. The topological polar surface area (TPSA) is 41.4 Å². The summed E-state index contributed by atoms with van der Waals surface area (Å²) in [5.74, 6) is 0. The molecule has 1 saturated carbocycles. The van der Waals surface area contributed by atoms with E-state index in [1.165, 1.54) is 17.5 Å². The van der Waals surface area contributed by atoms with E-state index in [0.29, 0.717) is 4.47 Å². The lowest BCUT2D eigenvalue weighted by Crippen LogP contribution is -2.47. The lowest BCUT2D eigenvalue weighted by Gasteiger charge is -2.36. The van der Waals surface area contributed by atoms with Gasteiger partial charge >= 0.3 is 0 Å². The van der Waals surface area contributed by atoms with E-state index in [1.807, 2.05) is 0 Å². The predicted octanol–water partition coefficient (Wildman–Crippen LogP) is 0.827. The highest BCUT2D eigenvalue weighted by Gasteiger charge is 2.31. The molecular weight excluding hydrogens is 296 g/mol. The van der Waals surface area contributed by atoms with Gasteiger partial charge in [0.25, 0.3) is 5.56 Å². The summed E-state index contributed by atoms with van der Waals surface area (Å²) in [7, 11) is 1.67. The highest BCUT2D eigenvalue weighted by molar-refractivity contribution is 9.10. The molecule has 0 N–H and O–H groups in total. The lowest BCUT2D eigenvalue weighted by atomic mass is 10.3. The first-order chi connectivity index (χ1) is 8.66. The van der Waals surface area contributed by atoms with Crippen molar-refractivity contribution in [1.29, 1.82) is 0 Å². The van der Waals surface area contributed by atoms with Crippen molar-refractivity contribution < 1.29 is 0 Å². The van der Waals surface area contributed by atoms with Crippen molar-refractivity contribution >= 4 is 21.6 Å². The van der Waals surface area contributed by atoms with E-state index in [4.69, 9.17) is 0 Å². The smallest absolute Gasteiger partial charge is 0.282 e. The summed E-state index contributed by atoms with van der Waals surface area (Å²) in [5, 5.41) is 4.10. The van der Waals surface area contributed by atoms with Gasteiger partial charge in [0.15, 0.2) is 0 Å². The molecule has 1 aromatic heterocycles. The minimum absolute atomic E-state index is 0.0721. The maximum atomic E-state index is 11.8. The second kappa shape index (κ2) is 4.66. The minimum atomic E-state index is -0.0721. The van der Waals surface area contributed by atoms with Crippen LogP contribution in [-0.4, -0.2) is 46.9 Å². The van der Waals surface area contributed by atoms with Gasteiger partial charge in [-0.25, -0.2) is 4.68 Å². The number of aryl methyl sites for hydroxylation is 1. The van der Waals surface area contributed by atoms with Crippen molar-refractivity contribution in [2.24, 2.45) is 7.05 Å². The molecule has 0 unspecified atom stereocenters. The van der Waals surface area contributed by atoms with Crippen LogP contribution >= 0.6 is 15.9 Å². The van der Waals surface area contributed by atoms with Gasteiger partial charge in [-0.05, 0) is 28.8 Å². The number of hydrogen-bond donors (Lipinski definition) is 0. The fourth-order valence-electron chi connectivity index (χ4n) is 2.49. The van der Waals surface area contributed by atoms with Crippen LogP contribution in [0, 0.1) is 0 Å². The van der Waals surface area contributed by atoms with Crippen molar-refractivity contribution in [2.75, 3.05) is 31.1 Å². The van der Waals surface area contributed by atoms with Crippen molar-refractivity contribution in [3.05, 3.63) is 21.0 Å². The average molecular weight is 313 g/mol. The maximum Gasteiger partial charge on any atom is 0.282 e. The van der Waals surface area contributed by atoms with Crippen LogP contribution in [0.15, 0.2) is 15.5 Å². The van der Waals surface area contributed by atoms with Crippen LogP contribution in [0.5, 0.6) is 0 Å². The van der Waals surface area contributed by atoms with Gasteiger partial charge in [-0.3, -0.25) is 9.69 Å². The monoisotopic (exact) mass is 312 g/mol. The molecule has 2 aliphatic rings.